The summed E-state index contributed by atoms with van der Waals surface area (Å²) in [5, 5.41) is 0. The molecule has 2 rings (SSSR count). The molecule has 0 amide bonds. The molecule has 0 saturated heterocycles. The van der Waals surface area contributed by atoms with Crippen LogP contribution >= 0.6 is 0 Å². The molecular formula is C15H19N3O2. The fraction of sp³-hybridized carbons (Fsp3) is 0.267. The molecule has 1 aromatic carbocycles. The van der Waals surface area contributed by atoms with Crippen molar-refractivity contribution >= 4 is 0 Å². The highest BCUT2D eigenvalue weighted by Gasteiger charge is 2.16. The lowest BCUT2D eigenvalue weighted by atomic mass is 10.0. The molecule has 3 N–H and O–H groups in total. The monoisotopic (exact) mass is 273 g/mol. The molecule has 5 nitrogen and oxygen atoms in total. The van der Waals surface area contributed by atoms with E-state index in [2.05, 4.69) is 10.4 Å². The van der Waals surface area contributed by atoms with Crippen molar-refractivity contribution in [1.82, 2.24) is 10.4 Å². The van der Waals surface area contributed by atoms with Gasteiger partial charge in [-0.05, 0) is 36.2 Å². The third-order valence-electron chi connectivity index (χ3n) is 3.12. The van der Waals surface area contributed by atoms with Crippen molar-refractivity contribution in [2.75, 3.05) is 14.2 Å². The summed E-state index contributed by atoms with van der Waals surface area (Å²) in [7, 11) is 3.28. The Morgan fingerprint density at radius 2 is 2.05 bits per heavy atom. The number of nitrogens with two attached hydrogens (primary N) is 1. The molecule has 106 valence electrons. The van der Waals surface area contributed by atoms with Gasteiger partial charge in [0, 0.05) is 6.20 Å². The Hall–Kier alpha value is -2.11. The molecule has 0 bridgehead atoms. The second kappa shape index (κ2) is 6.88. The highest BCUT2D eigenvalue weighted by molar-refractivity contribution is 5.33. The molecule has 0 saturated carbocycles. The molecular weight excluding hydrogens is 254 g/mol. The van der Waals surface area contributed by atoms with Crippen molar-refractivity contribution < 1.29 is 9.47 Å². The largest absolute Gasteiger partial charge is 0.497 e. The second-order valence-corrected chi connectivity index (χ2v) is 4.37. The summed E-state index contributed by atoms with van der Waals surface area (Å²) in [6.07, 6.45) is 2.43. The van der Waals surface area contributed by atoms with E-state index in [0.717, 1.165) is 22.8 Å². The first-order chi connectivity index (χ1) is 9.78. The molecule has 0 aliphatic rings. The highest BCUT2D eigenvalue weighted by atomic mass is 16.5. The molecule has 1 heterocycles. The molecule has 1 unspecified atom stereocenters. The van der Waals surface area contributed by atoms with Crippen LogP contribution in [0, 0.1) is 0 Å². The standard InChI is InChI=1S/C15H19N3O2/c1-19-12-6-3-5-11(9-12)10-13(18-16)15-14(20-2)7-4-8-17-15/h3-9,13,18H,10,16H2,1-2H3. The van der Waals surface area contributed by atoms with Gasteiger partial charge in [-0.3, -0.25) is 16.3 Å². The third-order valence-corrected chi connectivity index (χ3v) is 3.12. The first-order valence-corrected chi connectivity index (χ1v) is 6.36. The van der Waals surface area contributed by atoms with E-state index in [-0.39, 0.29) is 6.04 Å². The molecule has 0 aliphatic heterocycles. The van der Waals surface area contributed by atoms with Crippen LogP contribution in [-0.4, -0.2) is 19.2 Å². The molecule has 0 spiro atoms. The molecule has 2 aromatic rings. The van der Waals surface area contributed by atoms with Gasteiger partial charge in [0.25, 0.3) is 0 Å². The summed E-state index contributed by atoms with van der Waals surface area (Å²) in [6, 6.07) is 11.5. The van der Waals surface area contributed by atoms with E-state index in [1.165, 1.54) is 0 Å². The molecule has 5 heteroatoms. The number of pyridine rings is 1. The Balaban J connectivity index is 2.24. The number of aromatic nitrogens is 1. The van der Waals surface area contributed by atoms with Crippen LogP contribution in [0.5, 0.6) is 11.5 Å². The molecule has 0 aliphatic carbocycles. The van der Waals surface area contributed by atoms with Crippen molar-refractivity contribution in [3.05, 3.63) is 53.9 Å². The van der Waals surface area contributed by atoms with Crippen molar-refractivity contribution in [2.45, 2.75) is 12.5 Å². The van der Waals surface area contributed by atoms with Crippen molar-refractivity contribution in [3.63, 3.8) is 0 Å². The lowest BCUT2D eigenvalue weighted by Gasteiger charge is -2.18. The number of rotatable bonds is 6. The van der Waals surface area contributed by atoms with Gasteiger partial charge >= 0.3 is 0 Å². The molecule has 20 heavy (non-hydrogen) atoms. The van der Waals surface area contributed by atoms with Gasteiger partial charge in [-0.2, -0.15) is 0 Å². The normalized spacial score (nSPS) is 11.9. The Morgan fingerprint density at radius 1 is 1.20 bits per heavy atom. The predicted molar refractivity (Wildman–Crippen MR) is 77.6 cm³/mol. The van der Waals surface area contributed by atoms with Crippen LogP contribution in [0.3, 0.4) is 0 Å². The number of hydrogen-bond donors (Lipinski definition) is 2. The summed E-state index contributed by atoms with van der Waals surface area (Å²) in [4.78, 5) is 4.36. The summed E-state index contributed by atoms with van der Waals surface area (Å²) >= 11 is 0. The second-order valence-electron chi connectivity index (χ2n) is 4.37. The Bertz CT molecular complexity index is 560. The van der Waals surface area contributed by atoms with Crippen LogP contribution in [0.4, 0.5) is 0 Å². The van der Waals surface area contributed by atoms with Crippen molar-refractivity contribution in [2.24, 2.45) is 5.84 Å². The van der Waals surface area contributed by atoms with Gasteiger partial charge in [0.15, 0.2) is 0 Å². The zero-order valence-corrected chi connectivity index (χ0v) is 11.7. The number of ether oxygens (including phenoxy) is 2. The van der Waals surface area contributed by atoms with Crippen LogP contribution in [0.25, 0.3) is 0 Å². The van der Waals surface area contributed by atoms with Gasteiger partial charge in [-0.25, -0.2) is 0 Å². The zero-order valence-electron chi connectivity index (χ0n) is 11.7. The lowest BCUT2D eigenvalue weighted by Crippen LogP contribution is -2.30. The van der Waals surface area contributed by atoms with Crippen molar-refractivity contribution in [3.8, 4) is 11.5 Å². The quantitative estimate of drug-likeness (QED) is 0.621. The smallest absolute Gasteiger partial charge is 0.142 e. The van der Waals surface area contributed by atoms with E-state index in [0.29, 0.717) is 6.42 Å². The van der Waals surface area contributed by atoms with Crippen LogP contribution in [0.1, 0.15) is 17.3 Å². The minimum atomic E-state index is -0.127. The van der Waals surface area contributed by atoms with Gasteiger partial charge in [-0.1, -0.05) is 12.1 Å². The van der Waals surface area contributed by atoms with E-state index in [1.807, 2.05) is 36.4 Å². The Morgan fingerprint density at radius 3 is 2.75 bits per heavy atom. The van der Waals surface area contributed by atoms with Crippen LogP contribution in [-0.2, 0) is 6.42 Å². The van der Waals surface area contributed by atoms with Gasteiger partial charge in [0.2, 0.25) is 0 Å². The SMILES string of the molecule is COc1cccc(CC(NN)c2ncccc2OC)c1. The van der Waals surface area contributed by atoms with Crippen molar-refractivity contribution in [1.29, 1.82) is 0 Å². The predicted octanol–water partition coefficient (Wildman–Crippen LogP) is 1.85. The first-order valence-electron chi connectivity index (χ1n) is 6.36. The average molecular weight is 273 g/mol. The maximum absolute atomic E-state index is 5.67. The summed E-state index contributed by atoms with van der Waals surface area (Å²) < 4.78 is 10.6. The number of nitrogens with one attached hydrogen (secondary N) is 1. The fourth-order valence-corrected chi connectivity index (χ4v) is 2.11. The van der Waals surface area contributed by atoms with Gasteiger partial charge in [-0.15, -0.1) is 0 Å². The van der Waals surface area contributed by atoms with E-state index in [1.54, 1.807) is 20.4 Å². The van der Waals surface area contributed by atoms with Gasteiger partial charge < -0.3 is 9.47 Å². The summed E-state index contributed by atoms with van der Waals surface area (Å²) in [6.45, 7) is 0. The number of methoxy groups -OCH3 is 2. The van der Waals surface area contributed by atoms with E-state index in [9.17, 15) is 0 Å². The number of nitrogens with zero attached hydrogens (tertiary/aromatic N) is 1. The fourth-order valence-electron chi connectivity index (χ4n) is 2.11. The number of benzene rings is 1. The molecule has 0 fully saturated rings. The Kier molecular flexibility index (Phi) is 4.92. The number of hydrazine groups is 1. The maximum Gasteiger partial charge on any atom is 0.142 e. The third kappa shape index (κ3) is 3.26. The van der Waals surface area contributed by atoms with E-state index >= 15 is 0 Å². The average Bonchev–Trinajstić information content (AvgIpc) is 2.52. The van der Waals surface area contributed by atoms with E-state index < -0.39 is 0 Å². The first kappa shape index (κ1) is 14.3. The maximum atomic E-state index is 5.67. The van der Waals surface area contributed by atoms with Crippen LogP contribution in [0.2, 0.25) is 0 Å². The topological polar surface area (TPSA) is 69.4 Å². The Labute approximate surface area is 118 Å². The summed E-state index contributed by atoms with van der Waals surface area (Å²) in [5.74, 6) is 7.22. The molecule has 1 atom stereocenters. The lowest BCUT2D eigenvalue weighted by molar-refractivity contribution is 0.393. The van der Waals surface area contributed by atoms with Crippen LogP contribution < -0.4 is 20.7 Å². The van der Waals surface area contributed by atoms with Crippen LogP contribution in [0.15, 0.2) is 42.6 Å². The molecule has 1 aromatic heterocycles. The van der Waals surface area contributed by atoms with Gasteiger partial charge in [0.05, 0.1) is 20.3 Å². The van der Waals surface area contributed by atoms with E-state index in [4.69, 9.17) is 15.3 Å². The van der Waals surface area contributed by atoms with Gasteiger partial charge in [0.1, 0.15) is 17.2 Å². The summed E-state index contributed by atoms with van der Waals surface area (Å²) in [5.41, 5.74) is 4.70. The number of hydrogen-bond acceptors (Lipinski definition) is 5. The minimum Gasteiger partial charge on any atom is -0.497 e. The minimum absolute atomic E-state index is 0.127. The highest BCUT2D eigenvalue weighted by Crippen LogP contribution is 2.25. The zero-order chi connectivity index (χ0) is 14.4. The molecule has 0 radical (unpaired) electrons.